The van der Waals surface area contributed by atoms with Crippen LogP contribution in [0.5, 0.6) is 0 Å². The van der Waals surface area contributed by atoms with E-state index in [1.54, 1.807) is 0 Å². The molecule has 0 aliphatic carbocycles. The molecular formula is C15H26N4. The van der Waals surface area contributed by atoms with Crippen LogP contribution >= 0.6 is 0 Å². The summed E-state index contributed by atoms with van der Waals surface area (Å²) in [4.78, 5) is 5.28. The van der Waals surface area contributed by atoms with Gasteiger partial charge in [0.1, 0.15) is 0 Å². The van der Waals surface area contributed by atoms with Gasteiger partial charge in [0.15, 0.2) is 0 Å². The second-order valence-corrected chi connectivity index (χ2v) is 6.53. The van der Waals surface area contributed by atoms with E-state index in [1.165, 1.54) is 44.3 Å². The highest BCUT2D eigenvalue weighted by atomic mass is 15.3. The molecule has 2 saturated heterocycles. The Balaban J connectivity index is 1.78. The van der Waals surface area contributed by atoms with Gasteiger partial charge in [0.25, 0.3) is 0 Å². The average molecular weight is 262 g/mol. The molecule has 0 bridgehead atoms. The minimum atomic E-state index is 0.374. The molecule has 2 fully saturated rings. The van der Waals surface area contributed by atoms with Crippen LogP contribution in [0, 0.1) is 0 Å². The Hall–Kier alpha value is -0.870. The van der Waals surface area contributed by atoms with Crippen molar-refractivity contribution in [3.8, 4) is 0 Å². The van der Waals surface area contributed by atoms with Gasteiger partial charge >= 0.3 is 0 Å². The van der Waals surface area contributed by atoms with Crippen molar-refractivity contribution in [3.63, 3.8) is 0 Å². The first kappa shape index (κ1) is 13.1. The first-order chi connectivity index (χ1) is 9.09. The predicted octanol–water partition coefficient (Wildman–Crippen LogP) is 1.87. The lowest BCUT2D eigenvalue weighted by Crippen LogP contribution is -2.64. The molecule has 0 amide bonds. The molecular weight excluding hydrogens is 236 g/mol. The molecule has 4 nitrogen and oxygen atoms in total. The zero-order chi connectivity index (χ0) is 13.5. The first-order valence-electron chi connectivity index (χ1n) is 7.52. The number of likely N-dealkylation sites (N-methyl/N-ethyl adjacent to an activating group) is 1. The number of likely N-dealkylation sites (tertiary alicyclic amines) is 2. The highest BCUT2D eigenvalue weighted by molar-refractivity contribution is 5.08. The molecule has 0 radical (unpaired) electrons. The summed E-state index contributed by atoms with van der Waals surface area (Å²) < 4.78 is 1.91. The van der Waals surface area contributed by atoms with Crippen LogP contribution in [0.15, 0.2) is 12.4 Å². The normalized spacial score (nSPS) is 33.3. The minimum absolute atomic E-state index is 0.374. The molecule has 1 aromatic rings. The van der Waals surface area contributed by atoms with E-state index >= 15 is 0 Å². The van der Waals surface area contributed by atoms with Gasteiger partial charge in [-0.05, 0) is 52.7 Å². The van der Waals surface area contributed by atoms with Crippen molar-refractivity contribution in [1.29, 1.82) is 0 Å². The van der Waals surface area contributed by atoms with Gasteiger partial charge in [0.2, 0.25) is 0 Å². The monoisotopic (exact) mass is 262 g/mol. The Bertz CT molecular complexity index is 441. The third-order valence-corrected chi connectivity index (χ3v) is 5.27. The number of fused-ring (bicyclic) bond motifs is 1. The summed E-state index contributed by atoms with van der Waals surface area (Å²) in [5, 5.41) is 4.30. The van der Waals surface area contributed by atoms with Crippen molar-refractivity contribution in [2.24, 2.45) is 7.05 Å². The van der Waals surface area contributed by atoms with E-state index < -0.39 is 0 Å². The Morgan fingerprint density at radius 3 is 2.89 bits per heavy atom. The molecule has 4 heteroatoms. The van der Waals surface area contributed by atoms with Gasteiger partial charge < -0.3 is 0 Å². The zero-order valence-electron chi connectivity index (χ0n) is 12.5. The van der Waals surface area contributed by atoms with Gasteiger partial charge in [-0.3, -0.25) is 14.5 Å². The molecule has 0 unspecified atom stereocenters. The number of rotatable bonds is 2. The third-order valence-electron chi connectivity index (χ3n) is 5.27. The van der Waals surface area contributed by atoms with Crippen LogP contribution in [0.1, 0.15) is 38.2 Å². The maximum atomic E-state index is 4.30. The van der Waals surface area contributed by atoms with Crippen molar-refractivity contribution < 1.29 is 0 Å². The highest BCUT2D eigenvalue weighted by Crippen LogP contribution is 2.38. The van der Waals surface area contributed by atoms with Crippen LogP contribution in [0.25, 0.3) is 0 Å². The first-order valence-corrected chi connectivity index (χ1v) is 7.52. The Morgan fingerprint density at radius 2 is 2.16 bits per heavy atom. The Morgan fingerprint density at radius 1 is 1.32 bits per heavy atom. The van der Waals surface area contributed by atoms with Gasteiger partial charge in [-0.2, -0.15) is 5.10 Å². The van der Waals surface area contributed by atoms with Crippen molar-refractivity contribution in [3.05, 3.63) is 18.0 Å². The fraction of sp³-hybridized carbons (Fsp3) is 0.800. The van der Waals surface area contributed by atoms with Crippen LogP contribution in [0.3, 0.4) is 0 Å². The fourth-order valence-electron chi connectivity index (χ4n) is 4.05. The summed E-state index contributed by atoms with van der Waals surface area (Å²) in [7, 11) is 4.30. The SMILES string of the molecule is CN1CCC[C@H]2N(Cc3cnn(C)c3)CCC[C@@]21C. The number of nitrogens with zero attached hydrogens (tertiary/aromatic N) is 4. The summed E-state index contributed by atoms with van der Waals surface area (Å²) in [5.74, 6) is 0. The van der Waals surface area contributed by atoms with E-state index in [4.69, 9.17) is 0 Å². The van der Waals surface area contributed by atoms with Crippen molar-refractivity contribution >= 4 is 0 Å². The molecule has 3 heterocycles. The summed E-state index contributed by atoms with van der Waals surface area (Å²) in [6.45, 7) is 6.02. The standard InChI is InChI=1S/C15H26N4/c1-15-7-5-9-19(12-13-10-16-18(3)11-13)14(15)6-4-8-17(15)2/h10-11,14H,4-9,12H2,1-3H3/t14-,15+/m1/s1. The van der Waals surface area contributed by atoms with Gasteiger partial charge in [0, 0.05) is 36.9 Å². The quantitative estimate of drug-likeness (QED) is 0.813. The zero-order valence-corrected chi connectivity index (χ0v) is 12.5. The van der Waals surface area contributed by atoms with Crippen molar-refractivity contribution in [2.75, 3.05) is 20.1 Å². The van der Waals surface area contributed by atoms with Crippen molar-refractivity contribution in [1.82, 2.24) is 19.6 Å². The minimum Gasteiger partial charge on any atom is -0.299 e. The number of piperidine rings is 2. The topological polar surface area (TPSA) is 24.3 Å². The van der Waals surface area contributed by atoms with Gasteiger partial charge in [-0.15, -0.1) is 0 Å². The summed E-state index contributed by atoms with van der Waals surface area (Å²) in [6, 6.07) is 0.709. The molecule has 106 valence electrons. The lowest BCUT2D eigenvalue weighted by Gasteiger charge is -2.55. The van der Waals surface area contributed by atoms with E-state index in [9.17, 15) is 0 Å². The highest BCUT2D eigenvalue weighted by Gasteiger charge is 2.45. The van der Waals surface area contributed by atoms with Crippen LogP contribution in [0.4, 0.5) is 0 Å². The van der Waals surface area contributed by atoms with E-state index in [-0.39, 0.29) is 0 Å². The number of hydrogen-bond donors (Lipinski definition) is 0. The number of aryl methyl sites for hydroxylation is 1. The predicted molar refractivity (Wildman–Crippen MR) is 76.9 cm³/mol. The third kappa shape index (κ3) is 2.32. The fourth-order valence-corrected chi connectivity index (χ4v) is 4.05. The van der Waals surface area contributed by atoms with Crippen LogP contribution < -0.4 is 0 Å². The number of aromatic nitrogens is 2. The van der Waals surface area contributed by atoms with Crippen LogP contribution in [-0.2, 0) is 13.6 Å². The summed E-state index contributed by atoms with van der Waals surface area (Å²) >= 11 is 0. The maximum Gasteiger partial charge on any atom is 0.0534 e. The molecule has 2 aliphatic heterocycles. The van der Waals surface area contributed by atoms with Crippen molar-refractivity contribution in [2.45, 2.75) is 50.7 Å². The number of hydrogen-bond acceptors (Lipinski definition) is 3. The lowest BCUT2D eigenvalue weighted by molar-refractivity contribution is -0.0490. The van der Waals surface area contributed by atoms with E-state index in [2.05, 4.69) is 35.1 Å². The Labute approximate surface area is 116 Å². The average Bonchev–Trinajstić information content (AvgIpc) is 2.77. The molecule has 2 aliphatic rings. The second-order valence-electron chi connectivity index (χ2n) is 6.53. The van der Waals surface area contributed by atoms with Gasteiger partial charge in [-0.1, -0.05) is 0 Å². The maximum absolute atomic E-state index is 4.30. The molecule has 0 N–H and O–H groups in total. The van der Waals surface area contributed by atoms with E-state index in [0.717, 1.165) is 6.54 Å². The van der Waals surface area contributed by atoms with E-state index in [0.29, 0.717) is 11.6 Å². The van der Waals surface area contributed by atoms with Gasteiger partial charge in [0.05, 0.1) is 6.20 Å². The molecule has 2 atom stereocenters. The molecule has 1 aromatic heterocycles. The van der Waals surface area contributed by atoms with E-state index in [1.807, 2.05) is 17.9 Å². The molecule has 0 spiro atoms. The molecule has 0 saturated carbocycles. The lowest BCUT2D eigenvalue weighted by atomic mass is 9.76. The molecule has 19 heavy (non-hydrogen) atoms. The summed E-state index contributed by atoms with van der Waals surface area (Å²) in [6.07, 6.45) is 9.51. The molecule has 3 rings (SSSR count). The molecule has 0 aromatic carbocycles. The Kier molecular flexibility index (Phi) is 3.39. The summed E-state index contributed by atoms with van der Waals surface area (Å²) in [5.41, 5.74) is 1.72. The second kappa shape index (κ2) is 4.91. The van der Waals surface area contributed by atoms with Crippen LogP contribution in [0.2, 0.25) is 0 Å². The largest absolute Gasteiger partial charge is 0.299 e. The van der Waals surface area contributed by atoms with Crippen LogP contribution in [-0.4, -0.2) is 51.3 Å². The smallest absolute Gasteiger partial charge is 0.0534 e. The van der Waals surface area contributed by atoms with Gasteiger partial charge in [-0.25, -0.2) is 0 Å².